The van der Waals surface area contributed by atoms with Crippen molar-refractivity contribution in [3.8, 4) is 6.07 Å². The molecule has 2 aliphatic carbocycles. The zero-order chi connectivity index (χ0) is 15.0. The van der Waals surface area contributed by atoms with Gasteiger partial charge in [0, 0.05) is 12.5 Å². The van der Waals surface area contributed by atoms with E-state index in [1.54, 1.807) is 6.07 Å². The molecular weight excluding hydrogens is 268 g/mol. The Kier molecular flexibility index (Phi) is 3.25. The highest BCUT2D eigenvalue weighted by atomic mass is 16.6. The monoisotopic (exact) mass is 284 g/mol. The van der Waals surface area contributed by atoms with Crippen molar-refractivity contribution in [1.29, 1.82) is 5.26 Å². The average molecular weight is 284 g/mol. The van der Waals surface area contributed by atoms with E-state index in [2.05, 4.69) is 0 Å². The number of fused-ring (bicyclic) bond motifs is 2. The Bertz CT molecular complexity index is 675. The van der Waals surface area contributed by atoms with E-state index < -0.39 is 10.3 Å². The van der Waals surface area contributed by atoms with E-state index >= 15 is 0 Å². The van der Waals surface area contributed by atoms with Gasteiger partial charge in [-0.05, 0) is 43.2 Å². The Hall–Kier alpha value is -2.22. The first kappa shape index (κ1) is 13.7. The quantitative estimate of drug-likeness (QED) is 0.585. The van der Waals surface area contributed by atoms with Gasteiger partial charge in [-0.15, -0.1) is 0 Å². The minimum absolute atomic E-state index is 0.104. The molecule has 1 fully saturated rings. The van der Waals surface area contributed by atoms with Crippen LogP contribution in [0, 0.1) is 21.4 Å². The zero-order valence-electron chi connectivity index (χ0n) is 11.7. The number of hydrogen-bond acceptors (Lipinski definition) is 4. The van der Waals surface area contributed by atoms with Crippen LogP contribution in [0.4, 0.5) is 5.69 Å². The van der Waals surface area contributed by atoms with Gasteiger partial charge in [-0.2, -0.15) is 5.26 Å². The summed E-state index contributed by atoms with van der Waals surface area (Å²) in [6, 6.07) is 5.14. The van der Waals surface area contributed by atoms with Gasteiger partial charge in [-0.25, -0.2) is 0 Å². The molecule has 1 aromatic rings. The molecular formula is C16H16N2O3. The third-order valence-corrected chi connectivity index (χ3v) is 4.90. The van der Waals surface area contributed by atoms with Gasteiger partial charge in [-0.1, -0.05) is 12.5 Å². The molecule has 5 nitrogen and oxygen atoms in total. The van der Waals surface area contributed by atoms with Gasteiger partial charge in [0.25, 0.3) is 5.69 Å². The number of benzene rings is 1. The SMILES string of the molecule is N#Cc1c([N+](=O)[O-])ccc2c1C1(CCCCC1=O)CCC2. The van der Waals surface area contributed by atoms with Crippen molar-refractivity contribution in [3.63, 3.8) is 0 Å². The fourth-order valence-corrected chi connectivity index (χ4v) is 3.98. The van der Waals surface area contributed by atoms with Crippen molar-refractivity contribution < 1.29 is 9.72 Å². The van der Waals surface area contributed by atoms with E-state index in [1.807, 2.05) is 6.07 Å². The molecule has 0 N–H and O–H groups in total. The Balaban J connectivity index is 2.29. The molecule has 0 aliphatic heterocycles. The average Bonchev–Trinajstić information content (AvgIpc) is 2.49. The molecule has 1 atom stereocenters. The number of carbonyl (C=O) groups is 1. The van der Waals surface area contributed by atoms with Crippen LogP contribution in [0.15, 0.2) is 12.1 Å². The molecule has 21 heavy (non-hydrogen) atoms. The van der Waals surface area contributed by atoms with Crippen LogP contribution in [0.25, 0.3) is 0 Å². The molecule has 1 aromatic carbocycles. The van der Waals surface area contributed by atoms with Crippen LogP contribution in [0.1, 0.15) is 55.2 Å². The van der Waals surface area contributed by atoms with Gasteiger partial charge in [0.1, 0.15) is 17.4 Å². The zero-order valence-corrected chi connectivity index (χ0v) is 11.7. The Labute approximate surface area is 122 Å². The fourth-order valence-electron chi connectivity index (χ4n) is 3.98. The van der Waals surface area contributed by atoms with Crippen LogP contribution in [-0.4, -0.2) is 10.7 Å². The molecule has 5 heteroatoms. The molecule has 0 amide bonds. The lowest BCUT2D eigenvalue weighted by Gasteiger charge is -2.41. The lowest BCUT2D eigenvalue weighted by atomic mass is 9.60. The van der Waals surface area contributed by atoms with Gasteiger partial charge in [-0.3, -0.25) is 14.9 Å². The number of nitriles is 1. The second kappa shape index (κ2) is 4.96. The molecule has 0 radical (unpaired) electrons. The van der Waals surface area contributed by atoms with Crippen molar-refractivity contribution >= 4 is 11.5 Å². The van der Waals surface area contributed by atoms with Crippen LogP contribution in [-0.2, 0) is 16.6 Å². The normalized spacial score (nSPS) is 24.4. The fraction of sp³-hybridized carbons (Fsp3) is 0.500. The van der Waals surface area contributed by atoms with E-state index in [1.165, 1.54) is 6.07 Å². The number of ketones is 1. The molecule has 0 bridgehead atoms. The maximum absolute atomic E-state index is 12.6. The highest BCUT2D eigenvalue weighted by Gasteiger charge is 2.46. The molecule has 1 unspecified atom stereocenters. The highest BCUT2D eigenvalue weighted by Crippen LogP contribution is 2.48. The molecule has 2 aliphatic rings. The van der Waals surface area contributed by atoms with Crippen molar-refractivity contribution in [3.05, 3.63) is 38.9 Å². The molecule has 0 aromatic heterocycles. The van der Waals surface area contributed by atoms with E-state index in [4.69, 9.17) is 0 Å². The first-order valence-electron chi connectivity index (χ1n) is 7.34. The highest BCUT2D eigenvalue weighted by molar-refractivity contribution is 5.92. The van der Waals surface area contributed by atoms with Crippen molar-refractivity contribution in [2.45, 2.75) is 50.4 Å². The van der Waals surface area contributed by atoms with E-state index in [0.717, 1.165) is 31.2 Å². The van der Waals surface area contributed by atoms with E-state index in [0.29, 0.717) is 24.8 Å². The lowest BCUT2D eigenvalue weighted by molar-refractivity contribution is -0.385. The molecule has 1 spiro atoms. The summed E-state index contributed by atoms with van der Waals surface area (Å²) in [6.45, 7) is 0. The van der Waals surface area contributed by atoms with E-state index in [9.17, 15) is 20.2 Å². The third kappa shape index (κ3) is 1.94. The predicted octanol–water partition coefficient (Wildman–Crippen LogP) is 3.18. The number of aryl methyl sites for hydroxylation is 1. The number of Topliss-reactive ketones (excluding diaryl/α,β-unsaturated/α-hetero) is 1. The number of carbonyl (C=O) groups excluding carboxylic acids is 1. The number of nitro benzene ring substituents is 1. The molecule has 108 valence electrons. The molecule has 0 saturated heterocycles. The smallest absolute Gasteiger partial charge is 0.287 e. The third-order valence-electron chi connectivity index (χ3n) is 4.90. The summed E-state index contributed by atoms with van der Waals surface area (Å²) in [5.74, 6) is 0.159. The van der Waals surface area contributed by atoms with Gasteiger partial charge in [0.15, 0.2) is 0 Å². The summed E-state index contributed by atoms with van der Waals surface area (Å²) in [4.78, 5) is 23.3. The van der Waals surface area contributed by atoms with Crippen molar-refractivity contribution in [2.24, 2.45) is 0 Å². The second-order valence-corrected chi connectivity index (χ2v) is 5.93. The summed E-state index contributed by atoms with van der Waals surface area (Å²) in [7, 11) is 0. The molecule has 3 rings (SSSR count). The van der Waals surface area contributed by atoms with Gasteiger partial charge < -0.3 is 0 Å². The molecule has 1 saturated carbocycles. The Morgan fingerprint density at radius 3 is 2.62 bits per heavy atom. The minimum atomic E-state index is -0.650. The first-order chi connectivity index (χ1) is 10.1. The number of nitro groups is 1. The molecule has 0 heterocycles. The van der Waals surface area contributed by atoms with Crippen molar-refractivity contribution in [1.82, 2.24) is 0 Å². The second-order valence-electron chi connectivity index (χ2n) is 5.93. The van der Waals surface area contributed by atoms with Crippen LogP contribution >= 0.6 is 0 Å². The standard InChI is InChI=1S/C16H16N2O3/c17-10-12-13(18(20)21)7-6-11-4-3-9-16(15(11)12)8-2-1-5-14(16)19/h6-7H,1-5,8-9H2. The van der Waals surface area contributed by atoms with Gasteiger partial charge in [0.05, 0.1) is 10.3 Å². The maximum atomic E-state index is 12.6. The minimum Gasteiger partial charge on any atom is -0.299 e. The van der Waals surface area contributed by atoms with Crippen molar-refractivity contribution in [2.75, 3.05) is 0 Å². The summed E-state index contributed by atoms with van der Waals surface area (Å²) in [5, 5.41) is 20.6. The Morgan fingerprint density at radius 1 is 1.19 bits per heavy atom. The summed E-state index contributed by atoms with van der Waals surface area (Å²) < 4.78 is 0. The summed E-state index contributed by atoms with van der Waals surface area (Å²) in [6.07, 6.45) is 5.47. The predicted molar refractivity (Wildman–Crippen MR) is 75.9 cm³/mol. The number of nitrogens with zero attached hydrogens (tertiary/aromatic N) is 2. The number of rotatable bonds is 1. The summed E-state index contributed by atoms with van der Waals surface area (Å²) >= 11 is 0. The topological polar surface area (TPSA) is 84.0 Å². The van der Waals surface area contributed by atoms with Crippen LogP contribution in [0.2, 0.25) is 0 Å². The number of hydrogen-bond donors (Lipinski definition) is 0. The van der Waals surface area contributed by atoms with Gasteiger partial charge >= 0.3 is 0 Å². The maximum Gasteiger partial charge on any atom is 0.287 e. The van der Waals surface area contributed by atoms with E-state index in [-0.39, 0.29) is 17.0 Å². The Morgan fingerprint density at radius 2 is 1.95 bits per heavy atom. The largest absolute Gasteiger partial charge is 0.299 e. The van der Waals surface area contributed by atoms with Crippen LogP contribution < -0.4 is 0 Å². The van der Waals surface area contributed by atoms with Gasteiger partial charge in [0.2, 0.25) is 0 Å². The lowest BCUT2D eigenvalue weighted by Crippen LogP contribution is -2.42. The van der Waals surface area contributed by atoms with Crippen LogP contribution in [0.3, 0.4) is 0 Å². The first-order valence-corrected chi connectivity index (χ1v) is 7.34. The van der Waals surface area contributed by atoms with Crippen LogP contribution in [0.5, 0.6) is 0 Å². The summed E-state index contributed by atoms with van der Waals surface area (Å²) in [5.41, 5.74) is 0.889.